The number of thiol groups is 1. The van der Waals surface area contributed by atoms with Crippen molar-refractivity contribution in [3.63, 3.8) is 0 Å². The largest absolute Gasteiger partial charge is 0.493 e. The van der Waals surface area contributed by atoms with Crippen LogP contribution in [0.5, 0.6) is 5.75 Å². The number of hydrogen-bond donors (Lipinski definition) is 1. The van der Waals surface area contributed by atoms with Crippen molar-refractivity contribution >= 4 is 12.6 Å². The minimum Gasteiger partial charge on any atom is -0.493 e. The normalized spacial score (nSPS) is 18.8. The molecule has 1 aromatic carbocycles. The van der Waals surface area contributed by atoms with E-state index in [1.165, 1.54) is 37.7 Å². The van der Waals surface area contributed by atoms with Gasteiger partial charge in [0.05, 0.1) is 6.61 Å². The maximum absolute atomic E-state index is 6.13. The van der Waals surface area contributed by atoms with Gasteiger partial charge in [0.2, 0.25) is 0 Å². The van der Waals surface area contributed by atoms with Gasteiger partial charge in [0, 0.05) is 5.41 Å². The molecular formula is C18H28OS. The Labute approximate surface area is 129 Å². The molecule has 2 rings (SSSR count). The van der Waals surface area contributed by atoms with E-state index in [1.807, 2.05) is 0 Å². The quantitative estimate of drug-likeness (QED) is 0.746. The van der Waals surface area contributed by atoms with Gasteiger partial charge in [0.1, 0.15) is 5.75 Å². The molecule has 0 N–H and O–H groups in total. The summed E-state index contributed by atoms with van der Waals surface area (Å²) >= 11 is 4.58. The van der Waals surface area contributed by atoms with Gasteiger partial charge in [-0.05, 0) is 41.7 Å². The Morgan fingerprint density at radius 2 is 1.85 bits per heavy atom. The van der Waals surface area contributed by atoms with Crippen LogP contribution in [0.1, 0.15) is 58.4 Å². The molecule has 1 nitrogen and oxygen atoms in total. The topological polar surface area (TPSA) is 9.23 Å². The van der Waals surface area contributed by atoms with Gasteiger partial charge in [-0.1, -0.05) is 52.2 Å². The zero-order chi connectivity index (χ0) is 14.6. The SMILES string of the molecule is CC(C)(C)c1cccc(OCC2(CS)CCCCC2)c1. The van der Waals surface area contributed by atoms with Crippen LogP contribution in [0.4, 0.5) is 0 Å². The van der Waals surface area contributed by atoms with Gasteiger partial charge >= 0.3 is 0 Å². The fourth-order valence-electron chi connectivity index (χ4n) is 2.94. The van der Waals surface area contributed by atoms with E-state index in [-0.39, 0.29) is 5.41 Å². The maximum Gasteiger partial charge on any atom is 0.119 e. The van der Waals surface area contributed by atoms with E-state index in [0.717, 1.165) is 18.1 Å². The highest BCUT2D eigenvalue weighted by atomic mass is 32.1. The summed E-state index contributed by atoms with van der Waals surface area (Å²) in [6.45, 7) is 7.53. The molecule has 0 amide bonds. The molecule has 0 atom stereocenters. The second-order valence-corrected chi connectivity index (χ2v) is 7.60. The Bertz CT molecular complexity index is 427. The Morgan fingerprint density at radius 3 is 2.45 bits per heavy atom. The summed E-state index contributed by atoms with van der Waals surface area (Å²) in [5.41, 5.74) is 1.79. The van der Waals surface area contributed by atoms with E-state index < -0.39 is 0 Å². The first-order chi connectivity index (χ1) is 9.45. The van der Waals surface area contributed by atoms with Gasteiger partial charge in [-0.25, -0.2) is 0 Å². The van der Waals surface area contributed by atoms with E-state index in [0.29, 0.717) is 5.41 Å². The lowest BCUT2D eigenvalue weighted by Gasteiger charge is -2.35. The minimum atomic E-state index is 0.172. The lowest BCUT2D eigenvalue weighted by atomic mass is 9.76. The van der Waals surface area contributed by atoms with Crippen molar-refractivity contribution in [1.82, 2.24) is 0 Å². The summed E-state index contributed by atoms with van der Waals surface area (Å²) in [6, 6.07) is 8.55. The predicted octanol–water partition coefficient (Wildman–Crippen LogP) is 5.24. The van der Waals surface area contributed by atoms with Crippen LogP contribution in [-0.4, -0.2) is 12.4 Å². The molecule has 0 radical (unpaired) electrons. The Kier molecular flexibility index (Phi) is 5.06. The summed E-state index contributed by atoms with van der Waals surface area (Å²) in [5.74, 6) is 1.94. The fourth-order valence-corrected chi connectivity index (χ4v) is 3.35. The summed E-state index contributed by atoms with van der Waals surface area (Å²) in [4.78, 5) is 0. The van der Waals surface area contributed by atoms with E-state index >= 15 is 0 Å². The van der Waals surface area contributed by atoms with Gasteiger partial charge in [-0.2, -0.15) is 12.6 Å². The van der Waals surface area contributed by atoms with E-state index in [1.54, 1.807) is 0 Å². The van der Waals surface area contributed by atoms with Crippen LogP contribution in [0.2, 0.25) is 0 Å². The molecule has 0 aliphatic heterocycles. The van der Waals surface area contributed by atoms with Crippen LogP contribution in [0, 0.1) is 5.41 Å². The zero-order valence-corrected chi connectivity index (χ0v) is 14.0. The predicted molar refractivity (Wildman–Crippen MR) is 90.0 cm³/mol. The average Bonchev–Trinajstić information content (AvgIpc) is 2.46. The second kappa shape index (κ2) is 6.43. The second-order valence-electron chi connectivity index (χ2n) is 7.29. The van der Waals surface area contributed by atoms with Crippen LogP contribution in [0.25, 0.3) is 0 Å². The third-order valence-electron chi connectivity index (χ3n) is 4.49. The average molecular weight is 292 g/mol. The summed E-state index contributed by atoms with van der Waals surface area (Å²) < 4.78 is 6.13. The highest BCUT2D eigenvalue weighted by Gasteiger charge is 2.31. The monoisotopic (exact) mass is 292 g/mol. The van der Waals surface area contributed by atoms with Crippen LogP contribution < -0.4 is 4.74 Å². The van der Waals surface area contributed by atoms with Crippen molar-refractivity contribution in [2.45, 2.75) is 58.3 Å². The molecule has 0 unspecified atom stereocenters. The molecule has 0 spiro atoms. The highest BCUT2D eigenvalue weighted by Crippen LogP contribution is 2.38. The molecule has 2 heteroatoms. The molecule has 1 saturated carbocycles. The standard InChI is InChI=1S/C18H28OS/c1-17(2,3)15-8-7-9-16(12-15)19-13-18(14-20)10-5-4-6-11-18/h7-9,12,20H,4-6,10-11,13-14H2,1-3H3. The van der Waals surface area contributed by atoms with Crippen LogP contribution >= 0.6 is 12.6 Å². The van der Waals surface area contributed by atoms with Gasteiger partial charge in [0.15, 0.2) is 0 Å². The van der Waals surface area contributed by atoms with Crippen LogP contribution in [0.15, 0.2) is 24.3 Å². The molecule has 1 fully saturated rings. The maximum atomic E-state index is 6.13. The van der Waals surface area contributed by atoms with E-state index in [4.69, 9.17) is 4.74 Å². The molecule has 0 aromatic heterocycles. The van der Waals surface area contributed by atoms with Gasteiger partial charge in [-0.3, -0.25) is 0 Å². The number of benzene rings is 1. The van der Waals surface area contributed by atoms with Crippen molar-refractivity contribution in [1.29, 1.82) is 0 Å². The van der Waals surface area contributed by atoms with Crippen molar-refractivity contribution in [3.8, 4) is 5.75 Å². The smallest absolute Gasteiger partial charge is 0.119 e. The van der Waals surface area contributed by atoms with Gasteiger partial charge in [-0.15, -0.1) is 0 Å². The number of rotatable bonds is 4. The first-order valence-corrected chi connectivity index (χ1v) is 8.43. The molecule has 0 heterocycles. The van der Waals surface area contributed by atoms with Gasteiger partial charge < -0.3 is 4.74 Å². The highest BCUT2D eigenvalue weighted by molar-refractivity contribution is 7.80. The Hall–Kier alpha value is -0.630. The third-order valence-corrected chi connectivity index (χ3v) is 5.17. The summed E-state index contributed by atoms with van der Waals surface area (Å²) in [7, 11) is 0. The third kappa shape index (κ3) is 3.94. The van der Waals surface area contributed by atoms with Crippen molar-refractivity contribution in [2.75, 3.05) is 12.4 Å². The Balaban J connectivity index is 2.03. The van der Waals surface area contributed by atoms with Crippen molar-refractivity contribution < 1.29 is 4.74 Å². The first kappa shape index (κ1) is 15.8. The molecule has 112 valence electrons. The molecule has 1 aliphatic carbocycles. The van der Waals surface area contributed by atoms with Crippen LogP contribution in [-0.2, 0) is 5.41 Å². The first-order valence-electron chi connectivity index (χ1n) is 7.79. The molecule has 1 aromatic rings. The van der Waals surface area contributed by atoms with Crippen molar-refractivity contribution in [3.05, 3.63) is 29.8 Å². The van der Waals surface area contributed by atoms with E-state index in [2.05, 4.69) is 57.7 Å². The Morgan fingerprint density at radius 1 is 1.15 bits per heavy atom. The van der Waals surface area contributed by atoms with Crippen LogP contribution in [0.3, 0.4) is 0 Å². The lowest BCUT2D eigenvalue weighted by molar-refractivity contribution is 0.121. The molecule has 0 bridgehead atoms. The van der Waals surface area contributed by atoms with Gasteiger partial charge in [0.25, 0.3) is 0 Å². The number of hydrogen-bond acceptors (Lipinski definition) is 2. The number of ether oxygens (including phenoxy) is 1. The molecular weight excluding hydrogens is 264 g/mol. The summed E-state index contributed by atoms with van der Waals surface area (Å²) in [6.07, 6.45) is 6.54. The van der Waals surface area contributed by atoms with Crippen molar-refractivity contribution in [2.24, 2.45) is 5.41 Å². The lowest BCUT2D eigenvalue weighted by Crippen LogP contribution is -2.33. The summed E-state index contributed by atoms with van der Waals surface area (Å²) in [5, 5.41) is 0. The molecule has 1 aliphatic rings. The fraction of sp³-hybridized carbons (Fsp3) is 0.667. The zero-order valence-electron chi connectivity index (χ0n) is 13.1. The minimum absolute atomic E-state index is 0.172. The van der Waals surface area contributed by atoms with E-state index in [9.17, 15) is 0 Å². The molecule has 20 heavy (non-hydrogen) atoms. The molecule has 0 saturated heterocycles.